The fourth-order valence-electron chi connectivity index (χ4n) is 2.72. The molecule has 1 saturated heterocycles. The van der Waals surface area contributed by atoms with Crippen LogP contribution >= 0.6 is 0 Å². The molecule has 0 amide bonds. The van der Waals surface area contributed by atoms with Crippen molar-refractivity contribution in [1.29, 1.82) is 0 Å². The molecule has 1 heterocycles. The molecular weight excluding hydrogens is 266 g/mol. The van der Waals surface area contributed by atoms with Gasteiger partial charge in [-0.15, -0.1) is 0 Å². The predicted octanol–water partition coefficient (Wildman–Crippen LogP) is 1.77. The maximum absolute atomic E-state index is 9.64. The van der Waals surface area contributed by atoms with Crippen LogP contribution in [0.1, 0.15) is 18.4 Å². The fourth-order valence-corrected chi connectivity index (χ4v) is 2.72. The zero-order valence-corrected chi connectivity index (χ0v) is 12.6. The number of nitrogens with zero attached hydrogens (tertiary/aromatic N) is 1. The van der Waals surface area contributed by atoms with Gasteiger partial charge in [0.2, 0.25) is 0 Å². The lowest BCUT2D eigenvalue weighted by Crippen LogP contribution is -2.38. The van der Waals surface area contributed by atoms with Crippen LogP contribution in [0.4, 0.5) is 0 Å². The quantitative estimate of drug-likeness (QED) is 0.839. The Kier molecular flexibility index (Phi) is 6.23. The van der Waals surface area contributed by atoms with Crippen LogP contribution in [0.15, 0.2) is 30.3 Å². The summed E-state index contributed by atoms with van der Waals surface area (Å²) < 4.78 is 5.14. The number of likely N-dealkylation sites (tertiary alicyclic amines) is 1. The van der Waals surface area contributed by atoms with Crippen molar-refractivity contribution in [2.45, 2.75) is 18.9 Å². The van der Waals surface area contributed by atoms with Gasteiger partial charge in [0.25, 0.3) is 0 Å². The molecule has 4 heteroatoms. The van der Waals surface area contributed by atoms with E-state index in [1.54, 1.807) is 7.11 Å². The summed E-state index contributed by atoms with van der Waals surface area (Å²) >= 11 is 0. The van der Waals surface area contributed by atoms with Crippen molar-refractivity contribution in [3.05, 3.63) is 35.9 Å². The SMILES string of the molecule is COc1ccc(C=CCN2CCC(C(O)CO)CC2)cc1. The van der Waals surface area contributed by atoms with Crippen LogP contribution in [0.5, 0.6) is 5.75 Å². The molecule has 1 atom stereocenters. The molecule has 2 rings (SSSR count). The predicted molar refractivity (Wildman–Crippen MR) is 84.3 cm³/mol. The van der Waals surface area contributed by atoms with Gasteiger partial charge in [-0.05, 0) is 49.5 Å². The van der Waals surface area contributed by atoms with E-state index in [9.17, 15) is 5.11 Å². The van der Waals surface area contributed by atoms with E-state index in [2.05, 4.69) is 17.1 Å². The fraction of sp³-hybridized carbons (Fsp3) is 0.529. The van der Waals surface area contributed by atoms with Crippen molar-refractivity contribution in [3.8, 4) is 5.75 Å². The first-order chi connectivity index (χ1) is 10.2. The first kappa shape index (κ1) is 16.0. The van der Waals surface area contributed by atoms with Gasteiger partial charge in [-0.25, -0.2) is 0 Å². The Hall–Kier alpha value is -1.36. The molecule has 0 aromatic heterocycles. The van der Waals surface area contributed by atoms with Crippen LogP contribution in [-0.4, -0.2) is 54.6 Å². The lowest BCUT2D eigenvalue weighted by molar-refractivity contribution is 0.0201. The lowest BCUT2D eigenvalue weighted by Gasteiger charge is -2.33. The molecule has 1 aliphatic heterocycles. The standard InChI is InChI=1S/C17H25NO3/c1-21-16-6-4-14(5-7-16)3-2-10-18-11-8-15(9-12-18)17(20)13-19/h2-7,15,17,19-20H,8-13H2,1H3. The second-order valence-electron chi connectivity index (χ2n) is 5.56. The summed E-state index contributed by atoms with van der Waals surface area (Å²) in [5, 5.41) is 18.6. The van der Waals surface area contributed by atoms with E-state index in [0.29, 0.717) is 0 Å². The Morgan fingerprint density at radius 1 is 1.29 bits per heavy atom. The third-order valence-electron chi connectivity index (χ3n) is 4.15. The molecule has 4 nitrogen and oxygen atoms in total. The monoisotopic (exact) mass is 291 g/mol. The number of piperidine rings is 1. The van der Waals surface area contributed by atoms with Crippen molar-refractivity contribution < 1.29 is 14.9 Å². The molecule has 21 heavy (non-hydrogen) atoms. The zero-order chi connectivity index (χ0) is 15.1. The minimum absolute atomic E-state index is 0.123. The summed E-state index contributed by atoms with van der Waals surface area (Å²) in [5.74, 6) is 1.12. The molecule has 1 aromatic rings. The minimum atomic E-state index is -0.554. The third kappa shape index (κ3) is 4.84. The number of hydrogen-bond donors (Lipinski definition) is 2. The van der Waals surface area contributed by atoms with Crippen LogP contribution in [0.3, 0.4) is 0 Å². The Labute approximate surface area is 126 Å². The first-order valence-corrected chi connectivity index (χ1v) is 7.55. The first-order valence-electron chi connectivity index (χ1n) is 7.55. The topological polar surface area (TPSA) is 52.9 Å². The van der Waals surface area contributed by atoms with Crippen LogP contribution in [0.2, 0.25) is 0 Å². The number of methoxy groups -OCH3 is 1. The highest BCUT2D eigenvalue weighted by molar-refractivity contribution is 5.50. The van der Waals surface area contributed by atoms with Gasteiger partial charge in [-0.2, -0.15) is 0 Å². The van der Waals surface area contributed by atoms with Crippen molar-refractivity contribution in [2.24, 2.45) is 5.92 Å². The van der Waals surface area contributed by atoms with Crippen molar-refractivity contribution in [3.63, 3.8) is 0 Å². The molecule has 0 aliphatic carbocycles. The van der Waals surface area contributed by atoms with E-state index < -0.39 is 6.10 Å². The number of aliphatic hydroxyl groups is 2. The van der Waals surface area contributed by atoms with Gasteiger partial charge in [0.05, 0.1) is 19.8 Å². The normalized spacial score (nSPS) is 19.0. The Morgan fingerprint density at radius 2 is 1.95 bits per heavy atom. The van der Waals surface area contributed by atoms with E-state index in [-0.39, 0.29) is 12.5 Å². The number of aliphatic hydroxyl groups excluding tert-OH is 2. The van der Waals surface area contributed by atoms with Gasteiger partial charge in [0, 0.05) is 6.54 Å². The third-order valence-corrected chi connectivity index (χ3v) is 4.15. The molecule has 0 bridgehead atoms. The number of ether oxygens (including phenoxy) is 1. The van der Waals surface area contributed by atoms with E-state index >= 15 is 0 Å². The van der Waals surface area contributed by atoms with Crippen LogP contribution in [0, 0.1) is 5.92 Å². The molecule has 1 fully saturated rings. The van der Waals surface area contributed by atoms with E-state index in [1.165, 1.54) is 5.56 Å². The highest BCUT2D eigenvalue weighted by Gasteiger charge is 2.23. The maximum Gasteiger partial charge on any atom is 0.118 e. The Bertz CT molecular complexity index is 436. The van der Waals surface area contributed by atoms with Gasteiger partial charge in [0.15, 0.2) is 0 Å². The molecular formula is C17H25NO3. The average molecular weight is 291 g/mol. The molecule has 1 aliphatic rings. The summed E-state index contributed by atoms with van der Waals surface area (Å²) in [6.45, 7) is 2.76. The molecule has 1 aromatic carbocycles. The highest BCUT2D eigenvalue weighted by Crippen LogP contribution is 2.20. The smallest absolute Gasteiger partial charge is 0.118 e. The molecule has 0 saturated carbocycles. The molecule has 116 valence electrons. The molecule has 1 unspecified atom stereocenters. The Balaban J connectivity index is 1.75. The van der Waals surface area contributed by atoms with Crippen LogP contribution in [-0.2, 0) is 0 Å². The van der Waals surface area contributed by atoms with Crippen molar-refractivity contribution in [1.82, 2.24) is 4.90 Å². The summed E-state index contributed by atoms with van der Waals surface area (Å²) in [6, 6.07) is 8.00. The maximum atomic E-state index is 9.64. The van der Waals surface area contributed by atoms with E-state index in [0.717, 1.165) is 38.2 Å². The summed E-state index contributed by atoms with van der Waals surface area (Å²) in [5.41, 5.74) is 1.17. The number of hydrogen-bond acceptors (Lipinski definition) is 4. The molecule has 0 radical (unpaired) electrons. The highest BCUT2D eigenvalue weighted by atomic mass is 16.5. The van der Waals surface area contributed by atoms with Crippen LogP contribution < -0.4 is 4.74 Å². The van der Waals surface area contributed by atoms with Gasteiger partial charge in [-0.1, -0.05) is 24.3 Å². The minimum Gasteiger partial charge on any atom is -0.497 e. The molecule has 0 spiro atoms. The number of benzene rings is 1. The Morgan fingerprint density at radius 3 is 2.52 bits per heavy atom. The van der Waals surface area contributed by atoms with E-state index in [4.69, 9.17) is 9.84 Å². The van der Waals surface area contributed by atoms with E-state index in [1.807, 2.05) is 24.3 Å². The second-order valence-corrected chi connectivity index (χ2v) is 5.56. The summed E-state index contributed by atoms with van der Waals surface area (Å²) in [7, 11) is 1.67. The zero-order valence-electron chi connectivity index (χ0n) is 12.6. The second kappa shape index (κ2) is 8.17. The lowest BCUT2D eigenvalue weighted by atomic mass is 9.91. The number of rotatable bonds is 6. The van der Waals surface area contributed by atoms with Gasteiger partial charge in [0.1, 0.15) is 5.75 Å². The molecule has 2 N–H and O–H groups in total. The van der Waals surface area contributed by atoms with Crippen molar-refractivity contribution >= 4 is 6.08 Å². The van der Waals surface area contributed by atoms with Crippen LogP contribution in [0.25, 0.3) is 6.08 Å². The van der Waals surface area contributed by atoms with Gasteiger partial charge in [-0.3, -0.25) is 4.90 Å². The van der Waals surface area contributed by atoms with Crippen molar-refractivity contribution in [2.75, 3.05) is 33.4 Å². The summed E-state index contributed by atoms with van der Waals surface area (Å²) in [6.07, 6.45) is 5.65. The summed E-state index contributed by atoms with van der Waals surface area (Å²) in [4.78, 5) is 2.38. The van der Waals surface area contributed by atoms with Gasteiger partial charge < -0.3 is 14.9 Å². The van der Waals surface area contributed by atoms with Gasteiger partial charge >= 0.3 is 0 Å². The average Bonchev–Trinajstić information content (AvgIpc) is 2.55. The largest absolute Gasteiger partial charge is 0.497 e.